The first kappa shape index (κ1) is 13.3. The summed E-state index contributed by atoms with van der Waals surface area (Å²) >= 11 is 5.78. The minimum atomic E-state index is -1.05. The zero-order chi connectivity index (χ0) is 12.8. The van der Waals surface area contributed by atoms with Crippen molar-refractivity contribution in [3.8, 4) is 11.8 Å². The van der Waals surface area contributed by atoms with E-state index in [-0.39, 0.29) is 11.3 Å². The number of aliphatic carboxylic acids is 1. The molecule has 1 rings (SSSR count). The van der Waals surface area contributed by atoms with E-state index in [4.69, 9.17) is 26.7 Å². The molecular weight excluding hydrogens is 242 g/mol. The van der Waals surface area contributed by atoms with Gasteiger partial charge in [0.05, 0.1) is 5.56 Å². The zero-order valence-corrected chi connectivity index (χ0v) is 10.1. The number of hydrogen-bond acceptors (Lipinski definition) is 3. The van der Waals surface area contributed by atoms with Crippen LogP contribution in [0, 0.1) is 11.3 Å². The number of carbonyl (C=O) groups is 1. The molecule has 0 aliphatic carbocycles. The summed E-state index contributed by atoms with van der Waals surface area (Å²) in [4.78, 5) is 10.9. The lowest BCUT2D eigenvalue weighted by Gasteiger charge is -2.15. The third kappa shape index (κ3) is 3.65. The summed E-state index contributed by atoms with van der Waals surface area (Å²) in [5, 5.41) is 18.2. The van der Waals surface area contributed by atoms with Gasteiger partial charge in [-0.05, 0) is 18.6 Å². The maximum absolute atomic E-state index is 10.9. The van der Waals surface area contributed by atoms with E-state index >= 15 is 0 Å². The lowest BCUT2D eigenvalue weighted by Crippen LogP contribution is -2.27. The van der Waals surface area contributed by atoms with Crippen LogP contribution >= 0.6 is 11.6 Å². The smallest absolute Gasteiger partial charge is 0.344 e. The van der Waals surface area contributed by atoms with Crippen molar-refractivity contribution in [1.29, 1.82) is 5.26 Å². The van der Waals surface area contributed by atoms with E-state index in [0.29, 0.717) is 17.9 Å². The molecule has 1 atom stereocenters. The van der Waals surface area contributed by atoms with Crippen molar-refractivity contribution in [1.82, 2.24) is 0 Å². The molecule has 1 aromatic rings. The molecule has 0 bridgehead atoms. The van der Waals surface area contributed by atoms with Crippen molar-refractivity contribution in [2.75, 3.05) is 0 Å². The van der Waals surface area contributed by atoms with Gasteiger partial charge >= 0.3 is 5.97 Å². The Hall–Kier alpha value is -1.73. The predicted octanol–water partition coefficient (Wildman–Crippen LogP) is 2.84. The second-order valence-corrected chi connectivity index (χ2v) is 3.92. The summed E-state index contributed by atoms with van der Waals surface area (Å²) in [6, 6.07) is 6.44. The minimum absolute atomic E-state index is 0.209. The van der Waals surface area contributed by atoms with Gasteiger partial charge in [-0.3, -0.25) is 0 Å². The van der Waals surface area contributed by atoms with Crippen molar-refractivity contribution in [2.45, 2.75) is 25.9 Å². The Morgan fingerprint density at radius 2 is 2.35 bits per heavy atom. The van der Waals surface area contributed by atoms with Crippen LogP contribution < -0.4 is 4.74 Å². The van der Waals surface area contributed by atoms with Crippen LogP contribution in [0.5, 0.6) is 5.75 Å². The molecule has 1 N–H and O–H groups in total. The third-order valence-corrected chi connectivity index (χ3v) is 2.39. The molecule has 0 saturated heterocycles. The first-order valence-corrected chi connectivity index (χ1v) is 5.55. The van der Waals surface area contributed by atoms with Crippen molar-refractivity contribution in [3.63, 3.8) is 0 Å². The molecule has 0 spiro atoms. The number of halogens is 1. The van der Waals surface area contributed by atoms with Crippen LogP contribution in [0.15, 0.2) is 18.2 Å². The largest absolute Gasteiger partial charge is 0.479 e. The topological polar surface area (TPSA) is 70.3 Å². The fourth-order valence-electron chi connectivity index (χ4n) is 1.33. The Labute approximate surface area is 104 Å². The molecule has 0 heterocycles. The number of carboxylic acid groups (broad SMARTS) is 1. The highest BCUT2D eigenvalue weighted by molar-refractivity contribution is 6.30. The highest BCUT2D eigenvalue weighted by Gasteiger charge is 2.19. The normalized spacial score (nSPS) is 11.6. The lowest BCUT2D eigenvalue weighted by atomic mass is 10.2. The number of benzene rings is 1. The van der Waals surface area contributed by atoms with Gasteiger partial charge < -0.3 is 9.84 Å². The highest BCUT2D eigenvalue weighted by atomic mass is 35.5. The number of ether oxygens (including phenoxy) is 1. The first-order chi connectivity index (χ1) is 8.08. The second kappa shape index (κ2) is 6.12. The summed E-state index contributed by atoms with van der Waals surface area (Å²) < 4.78 is 5.31. The van der Waals surface area contributed by atoms with E-state index in [1.54, 1.807) is 6.07 Å². The first-order valence-electron chi connectivity index (χ1n) is 5.17. The number of hydrogen-bond donors (Lipinski definition) is 1. The van der Waals surface area contributed by atoms with Crippen LogP contribution in [-0.4, -0.2) is 17.2 Å². The van der Waals surface area contributed by atoms with Crippen LogP contribution in [0.3, 0.4) is 0 Å². The van der Waals surface area contributed by atoms with Crippen LogP contribution in [0.25, 0.3) is 0 Å². The van der Waals surface area contributed by atoms with E-state index in [9.17, 15) is 4.79 Å². The Morgan fingerprint density at radius 3 is 2.88 bits per heavy atom. The lowest BCUT2D eigenvalue weighted by molar-refractivity contribution is -0.145. The molecule has 4 nitrogen and oxygen atoms in total. The molecule has 0 aliphatic rings. The quantitative estimate of drug-likeness (QED) is 0.876. The number of rotatable bonds is 5. The summed E-state index contributed by atoms with van der Waals surface area (Å²) in [6.45, 7) is 1.86. The number of nitrogens with zero attached hydrogens (tertiary/aromatic N) is 1. The highest BCUT2D eigenvalue weighted by Crippen LogP contribution is 2.24. The zero-order valence-electron chi connectivity index (χ0n) is 9.31. The second-order valence-electron chi connectivity index (χ2n) is 3.49. The molecule has 0 saturated carbocycles. The van der Waals surface area contributed by atoms with Gasteiger partial charge in [0.15, 0.2) is 6.10 Å². The molecule has 0 amide bonds. The van der Waals surface area contributed by atoms with Crippen molar-refractivity contribution in [2.24, 2.45) is 0 Å². The average molecular weight is 254 g/mol. The van der Waals surface area contributed by atoms with Crippen molar-refractivity contribution in [3.05, 3.63) is 28.8 Å². The number of nitriles is 1. The van der Waals surface area contributed by atoms with Gasteiger partial charge in [-0.1, -0.05) is 24.9 Å². The molecule has 17 heavy (non-hydrogen) atoms. The molecule has 90 valence electrons. The molecule has 0 aromatic heterocycles. The molecule has 0 aliphatic heterocycles. The maximum Gasteiger partial charge on any atom is 0.344 e. The van der Waals surface area contributed by atoms with Crippen molar-refractivity contribution >= 4 is 17.6 Å². The van der Waals surface area contributed by atoms with E-state index in [0.717, 1.165) is 0 Å². The maximum atomic E-state index is 10.9. The Morgan fingerprint density at radius 1 is 1.65 bits per heavy atom. The van der Waals surface area contributed by atoms with Gasteiger partial charge in [-0.25, -0.2) is 4.79 Å². The van der Waals surface area contributed by atoms with Crippen molar-refractivity contribution < 1.29 is 14.6 Å². The van der Waals surface area contributed by atoms with E-state index in [1.807, 2.05) is 13.0 Å². The molecule has 0 fully saturated rings. The van der Waals surface area contributed by atoms with Crippen LogP contribution in [0.4, 0.5) is 0 Å². The summed E-state index contributed by atoms with van der Waals surface area (Å²) in [6.07, 6.45) is 0.108. The standard InChI is InChI=1S/C12H12ClNO3/c1-2-3-10(12(15)16)17-11-6-9(13)5-4-8(11)7-14/h4-6,10H,2-3H2,1H3,(H,15,16). The predicted molar refractivity (Wildman–Crippen MR) is 63.1 cm³/mol. The van der Waals surface area contributed by atoms with E-state index in [1.165, 1.54) is 12.1 Å². The molecule has 1 aromatic carbocycles. The monoisotopic (exact) mass is 253 g/mol. The fourth-order valence-corrected chi connectivity index (χ4v) is 1.50. The number of carboxylic acids is 1. The van der Waals surface area contributed by atoms with Gasteiger partial charge in [0.25, 0.3) is 0 Å². The van der Waals surface area contributed by atoms with E-state index < -0.39 is 12.1 Å². The molecule has 1 unspecified atom stereocenters. The molecular formula is C12H12ClNO3. The average Bonchev–Trinajstić information content (AvgIpc) is 2.28. The third-order valence-electron chi connectivity index (χ3n) is 2.16. The minimum Gasteiger partial charge on any atom is -0.479 e. The summed E-state index contributed by atoms with van der Waals surface area (Å²) in [5.74, 6) is -0.837. The SMILES string of the molecule is CCCC(Oc1cc(Cl)ccc1C#N)C(=O)O. The van der Waals surface area contributed by atoms with Gasteiger partial charge in [0.1, 0.15) is 11.8 Å². The Bertz CT molecular complexity index is 454. The fraction of sp³-hybridized carbons (Fsp3) is 0.333. The van der Waals surface area contributed by atoms with Gasteiger partial charge in [-0.2, -0.15) is 5.26 Å². The van der Waals surface area contributed by atoms with Gasteiger partial charge in [0.2, 0.25) is 0 Å². The van der Waals surface area contributed by atoms with Gasteiger partial charge in [0, 0.05) is 11.1 Å². The Balaban J connectivity index is 2.96. The summed E-state index contributed by atoms with van der Waals surface area (Å²) in [5.41, 5.74) is 0.275. The van der Waals surface area contributed by atoms with Crippen LogP contribution in [0.2, 0.25) is 5.02 Å². The Kier molecular flexibility index (Phi) is 4.80. The summed E-state index contributed by atoms with van der Waals surface area (Å²) in [7, 11) is 0. The van der Waals surface area contributed by atoms with Gasteiger partial charge in [-0.15, -0.1) is 0 Å². The molecule has 0 radical (unpaired) electrons. The van der Waals surface area contributed by atoms with Crippen LogP contribution in [0.1, 0.15) is 25.3 Å². The molecule has 5 heteroatoms. The van der Waals surface area contributed by atoms with Crippen LogP contribution in [-0.2, 0) is 4.79 Å². The van der Waals surface area contributed by atoms with E-state index in [2.05, 4.69) is 0 Å².